The van der Waals surface area contributed by atoms with Crippen molar-refractivity contribution < 1.29 is 29.0 Å². The normalized spacial score (nSPS) is 14.7. The van der Waals surface area contributed by atoms with Gasteiger partial charge in [-0.1, -0.05) is 0 Å². The maximum Gasteiger partial charge on any atom is 0.306 e. The van der Waals surface area contributed by atoms with E-state index in [-0.39, 0.29) is 18.4 Å². The Balaban J connectivity index is 1.84. The Morgan fingerprint density at radius 2 is 1.78 bits per heavy atom. The van der Waals surface area contributed by atoms with Crippen molar-refractivity contribution in [3.05, 3.63) is 29.8 Å². The third kappa shape index (κ3) is 5.96. The van der Waals surface area contributed by atoms with Crippen LogP contribution in [0.25, 0.3) is 0 Å². The van der Waals surface area contributed by atoms with Crippen LogP contribution in [-0.4, -0.2) is 79.7 Å². The zero-order chi connectivity index (χ0) is 19.8. The second-order valence-electron chi connectivity index (χ2n) is 6.52. The van der Waals surface area contributed by atoms with Crippen molar-refractivity contribution >= 4 is 17.8 Å². The molecule has 1 heterocycles. The number of carboxylic acid groups (broad SMARTS) is 1. The van der Waals surface area contributed by atoms with Crippen LogP contribution in [0, 0.1) is 5.92 Å². The van der Waals surface area contributed by atoms with E-state index >= 15 is 0 Å². The van der Waals surface area contributed by atoms with Crippen molar-refractivity contribution in [1.29, 1.82) is 0 Å². The van der Waals surface area contributed by atoms with E-state index in [1.165, 1.54) is 4.90 Å². The number of ether oxygens (including phenoxy) is 2. The van der Waals surface area contributed by atoms with Crippen molar-refractivity contribution in [2.24, 2.45) is 5.92 Å². The molecule has 1 fully saturated rings. The molecule has 148 valence electrons. The number of carboxylic acids is 1. The van der Waals surface area contributed by atoms with Crippen molar-refractivity contribution in [2.45, 2.75) is 12.8 Å². The first-order valence-electron chi connectivity index (χ1n) is 8.90. The Labute approximate surface area is 158 Å². The standard InChI is InChI=1S/C19H26N2O6/c1-20(13-17(22)21-9-7-15(8-10-21)19(24)25)18(23)14-3-5-16(6-4-14)27-12-11-26-2/h3-6,15H,7-13H2,1-2H3,(H,24,25). The first kappa shape index (κ1) is 20.7. The lowest BCUT2D eigenvalue weighted by atomic mass is 9.97. The summed E-state index contributed by atoms with van der Waals surface area (Å²) in [6.07, 6.45) is 0.895. The first-order valence-corrected chi connectivity index (χ1v) is 8.90. The zero-order valence-corrected chi connectivity index (χ0v) is 15.7. The summed E-state index contributed by atoms with van der Waals surface area (Å²) in [4.78, 5) is 38.8. The molecule has 0 saturated carbocycles. The molecule has 27 heavy (non-hydrogen) atoms. The Hall–Kier alpha value is -2.61. The van der Waals surface area contributed by atoms with Crippen LogP contribution >= 0.6 is 0 Å². The maximum atomic E-state index is 12.5. The molecule has 0 aliphatic carbocycles. The number of rotatable bonds is 8. The number of carbonyl (C=O) groups is 3. The van der Waals surface area contributed by atoms with E-state index in [1.807, 2.05) is 0 Å². The van der Waals surface area contributed by atoms with E-state index in [0.717, 1.165) is 0 Å². The van der Waals surface area contributed by atoms with Gasteiger partial charge in [-0.15, -0.1) is 0 Å². The number of carbonyl (C=O) groups excluding carboxylic acids is 2. The van der Waals surface area contributed by atoms with Gasteiger partial charge in [0.1, 0.15) is 12.4 Å². The minimum absolute atomic E-state index is 0.0390. The molecular formula is C19H26N2O6. The van der Waals surface area contributed by atoms with Gasteiger partial charge in [0.05, 0.1) is 19.1 Å². The summed E-state index contributed by atoms with van der Waals surface area (Å²) in [5.41, 5.74) is 0.467. The van der Waals surface area contributed by atoms with Crippen molar-refractivity contribution in [1.82, 2.24) is 9.80 Å². The zero-order valence-electron chi connectivity index (χ0n) is 15.7. The monoisotopic (exact) mass is 378 g/mol. The molecule has 1 aromatic carbocycles. The van der Waals surface area contributed by atoms with Crippen LogP contribution in [0.5, 0.6) is 5.75 Å². The molecule has 2 rings (SSSR count). The van der Waals surface area contributed by atoms with Gasteiger partial charge in [0.2, 0.25) is 5.91 Å². The molecule has 0 spiro atoms. The topological polar surface area (TPSA) is 96.4 Å². The largest absolute Gasteiger partial charge is 0.491 e. The van der Waals surface area contributed by atoms with E-state index in [0.29, 0.717) is 50.5 Å². The van der Waals surface area contributed by atoms with E-state index < -0.39 is 11.9 Å². The summed E-state index contributed by atoms with van der Waals surface area (Å²) in [5, 5.41) is 9.02. The number of hydrogen-bond donors (Lipinski definition) is 1. The maximum absolute atomic E-state index is 12.5. The lowest BCUT2D eigenvalue weighted by Crippen LogP contribution is -2.45. The van der Waals surface area contributed by atoms with Gasteiger partial charge in [-0.25, -0.2) is 0 Å². The molecule has 2 amide bonds. The van der Waals surface area contributed by atoms with Crippen LogP contribution in [0.2, 0.25) is 0 Å². The molecule has 8 heteroatoms. The lowest BCUT2D eigenvalue weighted by molar-refractivity contribution is -0.145. The molecule has 8 nitrogen and oxygen atoms in total. The quantitative estimate of drug-likeness (QED) is 0.681. The number of methoxy groups -OCH3 is 1. The second kappa shape index (κ2) is 9.91. The van der Waals surface area contributed by atoms with Crippen LogP contribution < -0.4 is 4.74 Å². The number of nitrogens with zero attached hydrogens (tertiary/aromatic N) is 2. The number of piperidine rings is 1. The lowest BCUT2D eigenvalue weighted by Gasteiger charge is -2.31. The molecule has 0 unspecified atom stereocenters. The minimum atomic E-state index is -0.816. The Morgan fingerprint density at radius 1 is 1.15 bits per heavy atom. The summed E-state index contributed by atoms with van der Waals surface area (Å²) in [7, 11) is 3.17. The van der Waals surface area contributed by atoms with Gasteiger partial charge in [0.15, 0.2) is 0 Å². The summed E-state index contributed by atoms with van der Waals surface area (Å²) >= 11 is 0. The van der Waals surface area contributed by atoms with Crippen LogP contribution in [0.15, 0.2) is 24.3 Å². The summed E-state index contributed by atoms with van der Waals surface area (Å²) in [5.74, 6) is -0.993. The molecule has 0 radical (unpaired) electrons. The van der Waals surface area contributed by atoms with Crippen LogP contribution in [-0.2, 0) is 14.3 Å². The van der Waals surface area contributed by atoms with E-state index in [9.17, 15) is 14.4 Å². The second-order valence-corrected chi connectivity index (χ2v) is 6.52. The first-order chi connectivity index (χ1) is 12.9. The summed E-state index contributed by atoms with van der Waals surface area (Å²) < 4.78 is 10.4. The highest BCUT2D eigenvalue weighted by atomic mass is 16.5. The summed E-state index contributed by atoms with van der Waals surface area (Å²) in [6.45, 7) is 1.69. The number of benzene rings is 1. The number of likely N-dealkylation sites (N-methyl/N-ethyl adjacent to an activating group) is 1. The van der Waals surface area contributed by atoms with Gasteiger partial charge in [0.25, 0.3) is 5.91 Å². The van der Waals surface area contributed by atoms with Crippen molar-refractivity contribution in [3.63, 3.8) is 0 Å². The SMILES string of the molecule is COCCOc1ccc(C(=O)N(C)CC(=O)N2CCC(C(=O)O)CC2)cc1. The van der Waals surface area contributed by atoms with Crippen LogP contribution in [0.3, 0.4) is 0 Å². The minimum Gasteiger partial charge on any atom is -0.491 e. The molecule has 1 N–H and O–H groups in total. The average molecular weight is 378 g/mol. The molecule has 0 bridgehead atoms. The predicted octanol–water partition coefficient (Wildman–Crippen LogP) is 1.11. The summed E-state index contributed by atoms with van der Waals surface area (Å²) in [6, 6.07) is 6.72. The number of aliphatic carboxylic acids is 1. The molecule has 1 saturated heterocycles. The molecule has 1 aliphatic heterocycles. The van der Waals surface area contributed by atoms with Gasteiger partial charge in [-0.05, 0) is 37.1 Å². The van der Waals surface area contributed by atoms with Gasteiger partial charge in [0, 0.05) is 32.8 Å². The fourth-order valence-electron chi connectivity index (χ4n) is 2.91. The van der Waals surface area contributed by atoms with Crippen molar-refractivity contribution in [3.8, 4) is 5.75 Å². The Kier molecular flexibility index (Phi) is 7.60. The van der Waals surface area contributed by atoms with Gasteiger partial charge in [-0.2, -0.15) is 0 Å². The third-order valence-corrected chi connectivity index (χ3v) is 4.57. The Bertz CT molecular complexity index is 653. The van der Waals surface area contributed by atoms with E-state index in [4.69, 9.17) is 14.6 Å². The smallest absolute Gasteiger partial charge is 0.306 e. The molecular weight excluding hydrogens is 352 g/mol. The third-order valence-electron chi connectivity index (χ3n) is 4.57. The molecule has 1 aromatic rings. The highest BCUT2D eigenvalue weighted by molar-refractivity contribution is 5.96. The van der Waals surface area contributed by atoms with Gasteiger partial charge >= 0.3 is 5.97 Å². The molecule has 1 aliphatic rings. The van der Waals surface area contributed by atoms with E-state index in [1.54, 1.807) is 43.3 Å². The van der Waals surface area contributed by atoms with Gasteiger partial charge < -0.3 is 24.4 Å². The fourth-order valence-corrected chi connectivity index (χ4v) is 2.91. The average Bonchev–Trinajstić information content (AvgIpc) is 2.68. The fraction of sp³-hybridized carbons (Fsp3) is 0.526. The predicted molar refractivity (Wildman–Crippen MR) is 97.7 cm³/mol. The van der Waals surface area contributed by atoms with Crippen LogP contribution in [0.4, 0.5) is 0 Å². The van der Waals surface area contributed by atoms with Crippen molar-refractivity contribution in [2.75, 3.05) is 47.0 Å². The molecule has 0 aromatic heterocycles. The Morgan fingerprint density at radius 3 is 2.33 bits per heavy atom. The van der Waals surface area contributed by atoms with Crippen LogP contribution in [0.1, 0.15) is 23.2 Å². The molecule has 0 atom stereocenters. The number of likely N-dealkylation sites (tertiary alicyclic amines) is 1. The van der Waals surface area contributed by atoms with Gasteiger partial charge in [-0.3, -0.25) is 14.4 Å². The van der Waals surface area contributed by atoms with E-state index in [2.05, 4.69) is 0 Å². The highest BCUT2D eigenvalue weighted by Crippen LogP contribution is 2.18. The number of amides is 2. The highest BCUT2D eigenvalue weighted by Gasteiger charge is 2.28. The number of hydrogen-bond acceptors (Lipinski definition) is 5.